The fourth-order valence-electron chi connectivity index (χ4n) is 2.14. The van der Waals surface area contributed by atoms with Crippen molar-refractivity contribution in [3.63, 3.8) is 0 Å². The number of aliphatic imine (C=N–C) groups is 1. The van der Waals surface area contributed by atoms with Gasteiger partial charge in [0.1, 0.15) is 0 Å². The second kappa shape index (κ2) is 4.78. The first kappa shape index (κ1) is 12.0. The predicted molar refractivity (Wildman–Crippen MR) is 72.0 cm³/mol. The van der Waals surface area contributed by atoms with Crippen molar-refractivity contribution < 1.29 is 0 Å². The van der Waals surface area contributed by atoms with Gasteiger partial charge in [-0.3, -0.25) is 4.99 Å². The zero-order valence-corrected chi connectivity index (χ0v) is 10.9. The van der Waals surface area contributed by atoms with Crippen LogP contribution >= 0.6 is 0 Å². The molecule has 2 rings (SSSR count). The molecule has 1 aromatic rings. The maximum absolute atomic E-state index is 4.61. The van der Waals surface area contributed by atoms with Crippen LogP contribution in [-0.2, 0) is 6.54 Å². The Morgan fingerprint density at radius 1 is 1.29 bits per heavy atom. The monoisotopic (exact) mass is 231 g/mol. The second-order valence-electron chi connectivity index (χ2n) is 5.50. The molecular weight excluding hydrogens is 210 g/mol. The molecule has 1 aliphatic rings. The van der Waals surface area contributed by atoms with Crippen LogP contribution in [-0.4, -0.2) is 31.0 Å². The Balaban J connectivity index is 1.94. The first-order chi connectivity index (χ1) is 8.07. The molecule has 0 unspecified atom stereocenters. The average Bonchev–Trinajstić information content (AvgIpc) is 2.28. The highest BCUT2D eigenvalue weighted by Crippen LogP contribution is 2.20. The molecule has 92 valence electrons. The molecule has 0 aromatic heterocycles. The molecule has 3 nitrogen and oxygen atoms in total. The Hall–Kier alpha value is -1.51. The SMILES string of the molecule is CN1CC(C)(C)CN=C1NCc1ccccc1. The van der Waals surface area contributed by atoms with Gasteiger partial charge in [0.15, 0.2) is 5.96 Å². The summed E-state index contributed by atoms with van der Waals surface area (Å²) >= 11 is 0. The summed E-state index contributed by atoms with van der Waals surface area (Å²) in [4.78, 5) is 6.81. The highest BCUT2D eigenvalue weighted by molar-refractivity contribution is 5.80. The molecule has 0 aliphatic carbocycles. The predicted octanol–water partition coefficient (Wildman–Crippen LogP) is 2.10. The van der Waals surface area contributed by atoms with Crippen LogP contribution < -0.4 is 5.32 Å². The van der Waals surface area contributed by atoms with Crippen LogP contribution in [0.15, 0.2) is 35.3 Å². The molecule has 1 heterocycles. The van der Waals surface area contributed by atoms with E-state index < -0.39 is 0 Å². The van der Waals surface area contributed by atoms with E-state index in [-0.39, 0.29) is 5.41 Å². The van der Waals surface area contributed by atoms with Crippen molar-refractivity contribution in [3.8, 4) is 0 Å². The van der Waals surface area contributed by atoms with Crippen LogP contribution in [0.5, 0.6) is 0 Å². The summed E-state index contributed by atoms with van der Waals surface area (Å²) in [7, 11) is 2.09. The highest BCUT2D eigenvalue weighted by Gasteiger charge is 2.25. The number of hydrogen-bond donors (Lipinski definition) is 1. The number of nitrogens with zero attached hydrogens (tertiary/aromatic N) is 2. The van der Waals surface area contributed by atoms with Gasteiger partial charge in [-0.2, -0.15) is 0 Å². The minimum absolute atomic E-state index is 0.284. The lowest BCUT2D eigenvalue weighted by atomic mass is 9.92. The topological polar surface area (TPSA) is 27.6 Å². The van der Waals surface area contributed by atoms with Crippen molar-refractivity contribution in [3.05, 3.63) is 35.9 Å². The first-order valence-corrected chi connectivity index (χ1v) is 6.10. The van der Waals surface area contributed by atoms with Gasteiger partial charge in [0.05, 0.1) is 0 Å². The number of rotatable bonds is 2. The van der Waals surface area contributed by atoms with E-state index in [1.807, 2.05) is 6.07 Å². The molecule has 0 radical (unpaired) electrons. The zero-order valence-electron chi connectivity index (χ0n) is 10.9. The van der Waals surface area contributed by atoms with Gasteiger partial charge in [0.25, 0.3) is 0 Å². The van der Waals surface area contributed by atoms with Gasteiger partial charge >= 0.3 is 0 Å². The van der Waals surface area contributed by atoms with E-state index in [4.69, 9.17) is 0 Å². The van der Waals surface area contributed by atoms with Gasteiger partial charge in [-0.05, 0) is 5.56 Å². The molecule has 3 heteroatoms. The summed E-state index contributed by atoms with van der Waals surface area (Å²) in [5, 5.41) is 3.40. The van der Waals surface area contributed by atoms with Crippen molar-refractivity contribution in [1.82, 2.24) is 10.2 Å². The molecule has 0 fully saturated rings. The molecule has 17 heavy (non-hydrogen) atoms. The van der Waals surface area contributed by atoms with E-state index in [9.17, 15) is 0 Å². The van der Waals surface area contributed by atoms with Gasteiger partial charge in [-0.25, -0.2) is 0 Å². The maximum Gasteiger partial charge on any atom is 0.193 e. The molecule has 1 N–H and O–H groups in total. The third-order valence-corrected chi connectivity index (χ3v) is 2.98. The Labute approximate surface area is 104 Å². The zero-order chi connectivity index (χ0) is 12.3. The van der Waals surface area contributed by atoms with E-state index in [1.54, 1.807) is 0 Å². The first-order valence-electron chi connectivity index (χ1n) is 6.10. The molecule has 0 amide bonds. The maximum atomic E-state index is 4.61. The lowest BCUT2D eigenvalue weighted by Gasteiger charge is -2.36. The lowest BCUT2D eigenvalue weighted by Crippen LogP contribution is -2.48. The fraction of sp³-hybridized carbons (Fsp3) is 0.500. The van der Waals surface area contributed by atoms with E-state index in [0.29, 0.717) is 0 Å². The Morgan fingerprint density at radius 3 is 2.65 bits per heavy atom. The van der Waals surface area contributed by atoms with E-state index in [2.05, 4.69) is 60.4 Å². The van der Waals surface area contributed by atoms with E-state index in [0.717, 1.165) is 25.6 Å². The van der Waals surface area contributed by atoms with Crippen LogP contribution in [0.2, 0.25) is 0 Å². The molecule has 1 aromatic carbocycles. The van der Waals surface area contributed by atoms with Crippen molar-refractivity contribution in [2.24, 2.45) is 10.4 Å². The van der Waals surface area contributed by atoms with Gasteiger partial charge < -0.3 is 10.2 Å². The van der Waals surface area contributed by atoms with E-state index >= 15 is 0 Å². The Bertz CT molecular complexity index is 395. The van der Waals surface area contributed by atoms with Gasteiger partial charge in [-0.15, -0.1) is 0 Å². The van der Waals surface area contributed by atoms with Crippen LogP contribution in [0.1, 0.15) is 19.4 Å². The second-order valence-corrected chi connectivity index (χ2v) is 5.50. The molecular formula is C14H21N3. The van der Waals surface area contributed by atoms with Crippen LogP contribution in [0.4, 0.5) is 0 Å². The molecule has 0 atom stereocenters. The van der Waals surface area contributed by atoms with Crippen molar-refractivity contribution >= 4 is 5.96 Å². The van der Waals surface area contributed by atoms with Crippen molar-refractivity contribution in [2.75, 3.05) is 20.1 Å². The number of guanidine groups is 1. The third-order valence-electron chi connectivity index (χ3n) is 2.98. The number of nitrogens with one attached hydrogen (secondary N) is 1. The summed E-state index contributed by atoms with van der Waals surface area (Å²) in [5.41, 5.74) is 1.57. The number of hydrogen-bond acceptors (Lipinski definition) is 3. The van der Waals surface area contributed by atoms with Gasteiger partial charge in [-0.1, -0.05) is 44.2 Å². The summed E-state index contributed by atoms with van der Waals surface area (Å²) in [6, 6.07) is 10.4. The average molecular weight is 231 g/mol. The standard InChI is InChI=1S/C14H21N3/c1-14(2)10-16-13(17(3)11-14)15-9-12-7-5-4-6-8-12/h4-8H,9-11H2,1-3H3,(H,15,16). The smallest absolute Gasteiger partial charge is 0.193 e. The van der Waals surface area contributed by atoms with E-state index in [1.165, 1.54) is 5.56 Å². The normalized spacial score (nSPS) is 18.8. The third kappa shape index (κ3) is 3.22. The lowest BCUT2D eigenvalue weighted by molar-refractivity contribution is 0.259. The quantitative estimate of drug-likeness (QED) is 0.844. The van der Waals surface area contributed by atoms with Crippen LogP contribution in [0.3, 0.4) is 0 Å². The molecule has 1 aliphatic heterocycles. The summed E-state index contributed by atoms with van der Waals surface area (Å²) in [6.45, 7) is 7.29. The van der Waals surface area contributed by atoms with Gasteiger partial charge in [0.2, 0.25) is 0 Å². The Kier molecular flexibility index (Phi) is 3.36. The fourth-order valence-corrected chi connectivity index (χ4v) is 2.14. The highest BCUT2D eigenvalue weighted by atomic mass is 15.3. The van der Waals surface area contributed by atoms with Crippen LogP contribution in [0.25, 0.3) is 0 Å². The summed E-state index contributed by atoms with van der Waals surface area (Å²) in [5.74, 6) is 1.01. The molecule has 0 spiro atoms. The summed E-state index contributed by atoms with van der Waals surface area (Å²) in [6.07, 6.45) is 0. The van der Waals surface area contributed by atoms with Gasteiger partial charge in [0, 0.05) is 32.1 Å². The van der Waals surface area contributed by atoms with Crippen molar-refractivity contribution in [2.45, 2.75) is 20.4 Å². The van der Waals surface area contributed by atoms with Crippen LogP contribution in [0, 0.1) is 5.41 Å². The Morgan fingerprint density at radius 2 is 2.00 bits per heavy atom. The van der Waals surface area contributed by atoms with Crippen molar-refractivity contribution in [1.29, 1.82) is 0 Å². The molecule has 0 saturated carbocycles. The summed E-state index contributed by atoms with van der Waals surface area (Å²) < 4.78 is 0. The minimum Gasteiger partial charge on any atom is -0.352 e. The number of benzene rings is 1. The molecule has 0 saturated heterocycles. The molecule has 0 bridgehead atoms. The largest absolute Gasteiger partial charge is 0.352 e. The minimum atomic E-state index is 0.284.